The van der Waals surface area contributed by atoms with Gasteiger partial charge in [-0.25, -0.2) is 17.6 Å². The van der Waals surface area contributed by atoms with Gasteiger partial charge in [0, 0.05) is 13.1 Å². The van der Waals surface area contributed by atoms with Crippen molar-refractivity contribution < 1.29 is 27.1 Å². The Labute approximate surface area is 181 Å². The summed E-state index contributed by atoms with van der Waals surface area (Å²) >= 11 is 0. The summed E-state index contributed by atoms with van der Waals surface area (Å²) in [7, 11) is -3.62. The first-order valence-electron chi connectivity index (χ1n) is 10.2. The average Bonchev–Trinajstić information content (AvgIpc) is 3.05. The molecule has 0 saturated carbocycles. The zero-order valence-electron chi connectivity index (χ0n) is 17.2. The van der Waals surface area contributed by atoms with Crippen molar-refractivity contribution in [2.75, 3.05) is 18.4 Å². The number of esters is 1. The number of sulfonamides is 1. The van der Waals surface area contributed by atoms with Crippen LogP contribution in [-0.2, 0) is 19.6 Å². The van der Waals surface area contributed by atoms with Crippen molar-refractivity contribution in [3.8, 4) is 0 Å². The van der Waals surface area contributed by atoms with Crippen molar-refractivity contribution >= 4 is 27.6 Å². The van der Waals surface area contributed by atoms with Gasteiger partial charge in [-0.05, 0) is 56.2 Å². The molecule has 1 amide bonds. The monoisotopic (exact) mass is 448 g/mol. The summed E-state index contributed by atoms with van der Waals surface area (Å²) in [6.45, 7) is 2.34. The van der Waals surface area contributed by atoms with Crippen LogP contribution in [0.4, 0.5) is 10.1 Å². The Morgan fingerprint density at radius 2 is 1.61 bits per heavy atom. The smallest absolute Gasteiger partial charge is 0.338 e. The van der Waals surface area contributed by atoms with Gasteiger partial charge in [-0.1, -0.05) is 25.0 Å². The van der Waals surface area contributed by atoms with E-state index in [0.717, 1.165) is 25.7 Å². The lowest BCUT2D eigenvalue weighted by Gasteiger charge is -2.20. The Morgan fingerprint density at radius 3 is 2.23 bits per heavy atom. The standard InChI is InChI=1S/C22H25FN2O5S/c1-16(21(26)24-20-9-5-4-8-19(20)23)30-22(27)17-10-12-18(13-11-17)31(28,29)25-14-6-2-3-7-15-25/h4-5,8-13,16H,2-3,6-7,14-15H2,1H3,(H,24,26)/t16-/m0/s1. The summed E-state index contributed by atoms with van der Waals surface area (Å²) in [5.41, 5.74) is 0.0961. The Hall–Kier alpha value is -2.78. The minimum atomic E-state index is -3.62. The number of carbonyl (C=O) groups excluding carboxylic acids is 2. The van der Waals surface area contributed by atoms with E-state index in [0.29, 0.717) is 13.1 Å². The maximum atomic E-state index is 13.7. The van der Waals surface area contributed by atoms with E-state index in [2.05, 4.69) is 5.32 Å². The van der Waals surface area contributed by atoms with Crippen LogP contribution < -0.4 is 5.32 Å². The molecule has 7 nitrogen and oxygen atoms in total. The van der Waals surface area contributed by atoms with E-state index in [1.807, 2.05) is 0 Å². The molecule has 31 heavy (non-hydrogen) atoms. The fourth-order valence-electron chi connectivity index (χ4n) is 3.27. The Balaban J connectivity index is 1.63. The van der Waals surface area contributed by atoms with Crippen LogP contribution in [0.2, 0.25) is 0 Å². The van der Waals surface area contributed by atoms with Gasteiger partial charge >= 0.3 is 5.97 Å². The van der Waals surface area contributed by atoms with E-state index in [9.17, 15) is 22.4 Å². The number of nitrogens with one attached hydrogen (secondary N) is 1. The highest BCUT2D eigenvalue weighted by Gasteiger charge is 2.26. The number of para-hydroxylation sites is 1. The van der Waals surface area contributed by atoms with Crippen molar-refractivity contribution in [1.82, 2.24) is 4.31 Å². The molecule has 0 radical (unpaired) electrons. The average molecular weight is 449 g/mol. The number of carbonyl (C=O) groups is 2. The van der Waals surface area contributed by atoms with E-state index in [1.54, 1.807) is 6.07 Å². The van der Waals surface area contributed by atoms with E-state index in [1.165, 1.54) is 53.7 Å². The van der Waals surface area contributed by atoms with Crippen LogP contribution in [0.15, 0.2) is 53.4 Å². The zero-order valence-corrected chi connectivity index (χ0v) is 18.0. The molecule has 0 spiro atoms. The molecule has 1 fully saturated rings. The van der Waals surface area contributed by atoms with Crippen LogP contribution in [0.1, 0.15) is 43.0 Å². The van der Waals surface area contributed by atoms with Gasteiger partial charge in [0.15, 0.2) is 6.10 Å². The molecule has 1 atom stereocenters. The first-order chi connectivity index (χ1) is 14.8. The maximum Gasteiger partial charge on any atom is 0.338 e. The molecule has 9 heteroatoms. The fourth-order valence-corrected chi connectivity index (χ4v) is 4.79. The van der Waals surface area contributed by atoms with Gasteiger partial charge in [0.2, 0.25) is 10.0 Å². The van der Waals surface area contributed by atoms with Gasteiger partial charge < -0.3 is 10.1 Å². The molecule has 1 heterocycles. The molecule has 2 aromatic carbocycles. The third kappa shape index (κ3) is 5.68. The molecule has 166 valence electrons. The largest absolute Gasteiger partial charge is 0.449 e. The number of halogens is 1. The molecular weight excluding hydrogens is 423 g/mol. The van der Waals surface area contributed by atoms with Gasteiger partial charge in [0.05, 0.1) is 16.1 Å². The van der Waals surface area contributed by atoms with Crippen LogP contribution in [0.25, 0.3) is 0 Å². The summed E-state index contributed by atoms with van der Waals surface area (Å²) < 4.78 is 45.9. The molecule has 2 aromatic rings. The summed E-state index contributed by atoms with van der Waals surface area (Å²) in [6, 6.07) is 11.1. The van der Waals surface area contributed by atoms with E-state index in [4.69, 9.17) is 4.74 Å². The Bertz CT molecular complexity index is 1030. The molecule has 1 N–H and O–H groups in total. The number of hydrogen-bond donors (Lipinski definition) is 1. The lowest BCUT2D eigenvalue weighted by molar-refractivity contribution is -0.123. The van der Waals surface area contributed by atoms with Crippen LogP contribution >= 0.6 is 0 Å². The number of ether oxygens (including phenoxy) is 1. The van der Waals surface area contributed by atoms with Gasteiger partial charge in [0.25, 0.3) is 5.91 Å². The minimum Gasteiger partial charge on any atom is -0.449 e. The Kier molecular flexibility index (Phi) is 7.40. The maximum absolute atomic E-state index is 13.7. The highest BCUT2D eigenvalue weighted by atomic mass is 32.2. The van der Waals surface area contributed by atoms with E-state index >= 15 is 0 Å². The molecule has 1 saturated heterocycles. The molecule has 3 rings (SSSR count). The highest BCUT2D eigenvalue weighted by molar-refractivity contribution is 7.89. The van der Waals surface area contributed by atoms with Crippen LogP contribution in [0.5, 0.6) is 0 Å². The molecular formula is C22H25FN2O5S. The second-order valence-electron chi connectivity index (χ2n) is 7.36. The third-order valence-electron chi connectivity index (χ3n) is 5.08. The molecule has 0 bridgehead atoms. The zero-order chi connectivity index (χ0) is 22.4. The molecule has 1 aliphatic heterocycles. The van der Waals surface area contributed by atoms with Gasteiger partial charge in [0.1, 0.15) is 5.82 Å². The van der Waals surface area contributed by atoms with E-state index in [-0.39, 0.29) is 16.1 Å². The topological polar surface area (TPSA) is 92.8 Å². The second-order valence-corrected chi connectivity index (χ2v) is 9.30. The summed E-state index contributed by atoms with van der Waals surface area (Å²) in [4.78, 5) is 24.6. The van der Waals surface area contributed by atoms with Crippen molar-refractivity contribution in [1.29, 1.82) is 0 Å². The minimum absolute atomic E-state index is 0.0153. The van der Waals surface area contributed by atoms with Crippen molar-refractivity contribution in [3.05, 3.63) is 59.9 Å². The fraction of sp³-hybridized carbons (Fsp3) is 0.364. The second kappa shape index (κ2) is 10.0. The number of anilines is 1. The molecule has 1 aliphatic rings. The van der Waals surface area contributed by atoms with Gasteiger partial charge in [-0.2, -0.15) is 4.31 Å². The van der Waals surface area contributed by atoms with Crippen molar-refractivity contribution in [2.24, 2.45) is 0 Å². The van der Waals surface area contributed by atoms with Crippen molar-refractivity contribution in [3.63, 3.8) is 0 Å². The lowest BCUT2D eigenvalue weighted by atomic mass is 10.2. The van der Waals surface area contributed by atoms with Gasteiger partial charge in [-0.3, -0.25) is 4.79 Å². The first kappa shape index (κ1) is 22.9. The van der Waals surface area contributed by atoms with E-state index < -0.39 is 33.8 Å². The van der Waals surface area contributed by atoms with Crippen molar-refractivity contribution in [2.45, 2.75) is 43.6 Å². The molecule has 0 unspecified atom stereocenters. The summed E-state index contributed by atoms with van der Waals surface area (Å²) in [6.07, 6.45) is 2.51. The quantitative estimate of drug-likeness (QED) is 0.682. The van der Waals surface area contributed by atoms with Gasteiger partial charge in [-0.15, -0.1) is 0 Å². The Morgan fingerprint density at radius 1 is 1.00 bits per heavy atom. The number of nitrogens with zero attached hydrogens (tertiary/aromatic N) is 1. The predicted octanol–water partition coefficient (Wildman–Crippen LogP) is 3.57. The van der Waals surface area contributed by atoms with Crippen LogP contribution in [0, 0.1) is 5.82 Å². The molecule has 0 aromatic heterocycles. The number of benzene rings is 2. The molecule has 0 aliphatic carbocycles. The number of amides is 1. The number of rotatable bonds is 6. The third-order valence-corrected chi connectivity index (χ3v) is 6.99. The van der Waals surface area contributed by atoms with Crippen LogP contribution in [-0.4, -0.2) is 43.8 Å². The normalized spacial score (nSPS) is 16.2. The highest BCUT2D eigenvalue weighted by Crippen LogP contribution is 2.21. The summed E-state index contributed by atoms with van der Waals surface area (Å²) in [5, 5.41) is 2.36. The van der Waals surface area contributed by atoms with Crippen LogP contribution in [0.3, 0.4) is 0 Å². The lowest BCUT2D eigenvalue weighted by Crippen LogP contribution is -2.32. The number of hydrogen-bond acceptors (Lipinski definition) is 5. The predicted molar refractivity (Wildman–Crippen MR) is 114 cm³/mol. The first-order valence-corrected chi connectivity index (χ1v) is 11.6. The summed E-state index contributed by atoms with van der Waals surface area (Å²) in [5.74, 6) is -2.07. The SMILES string of the molecule is C[C@H](OC(=O)c1ccc(S(=O)(=O)N2CCCCCC2)cc1)C(=O)Nc1ccccc1F.